The third-order valence-electron chi connectivity index (χ3n) is 14.5. The molecular weight excluding hydrogens is 921 g/mol. The average molecular weight is 991 g/mol. The number of anilines is 9. The van der Waals surface area contributed by atoms with Gasteiger partial charge in [-0.15, -0.1) is 0 Å². The minimum Gasteiger partial charge on any atom is -0.311 e. The largest absolute Gasteiger partial charge is 0.311 e. The summed E-state index contributed by atoms with van der Waals surface area (Å²) in [6.07, 6.45) is 7.14. The summed E-state index contributed by atoms with van der Waals surface area (Å²) in [5.41, 5.74) is 21.8. The Labute approximate surface area is 451 Å². The summed E-state index contributed by atoms with van der Waals surface area (Å²) in [6.45, 7) is 13.0. The van der Waals surface area contributed by atoms with E-state index in [1.165, 1.54) is 92.2 Å². The Morgan fingerprint density at radius 2 is 0.513 bits per heavy atom. The number of hydrogen-bond donors (Lipinski definition) is 0. The van der Waals surface area contributed by atoms with Crippen LogP contribution in [0.3, 0.4) is 0 Å². The number of rotatable bonds is 16. The predicted octanol–water partition coefficient (Wildman–Crippen LogP) is 20.8. The van der Waals surface area contributed by atoms with Gasteiger partial charge in [-0.2, -0.15) is 0 Å². The highest BCUT2D eigenvalue weighted by Crippen LogP contribution is 2.41. The maximum Gasteiger partial charge on any atom is 0.0541 e. The SMILES string of the molecule is CCCCc1ccc(N(c2ccc(CCCC)cc2)c2ccc(N(c3ccc(C)cc3)c3ccc(C)cc3)cc2)cc1.Cc1ccc(N(c2ccc(C)cc2)c2ccc(-n3c4ccccc4c4ccccc43)cc2)cc1. The molecule has 0 aliphatic carbocycles. The highest BCUT2D eigenvalue weighted by Gasteiger charge is 2.18. The first-order valence-corrected chi connectivity index (χ1v) is 27.3. The van der Waals surface area contributed by atoms with Crippen molar-refractivity contribution in [3.8, 4) is 5.69 Å². The van der Waals surface area contributed by atoms with Crippen LogP contribution in [-0.4, -0.2) is 4.57 Å². The number of nitrogens with zero attached hydrogens (tertiary/aromatic N) is 4. The Bertz CT molecular complexity index is 3400. The lowest BCUT2D eigenvalue weighted by molar-refractivity contribution is 0.795. The Kier molecular flexibility index (Phi) is 15.9. The molecule has 0 radical (unpaired) electrons. The smallest absolute Gasteiger partial charge is 0.0541 e. The molecule has 0 aliphatic heterocycles. The lowest BCUT2D eigenvalue weighted by atomic mass is 10.1. The molecule has 11 aromatic rings. The predicted molar refractivity (Wildman–Crippen MR) is 327 cm³/mol. The first-order valence-electron chi connectivity index (χ1n) is 27.3. The molecule has 0 aliphatic rings. The fraction of sp³-hybridized carbons (Fsp3) is 0.167. The summed E-state index contributed by atoms with van der Waals surface area (Å²) in [5, 5.41) is 2.56. The van der Waals surface area contributed by atoms with Crippen LogP contribution in [0.15, 0.2) is 243 Å². The van der Waals surface area contributed by atoms with Gasteiger partial charge in [0.05, 0.1) is 11.0 Å². The fourth-order valence-electron chi connectivity index (χ4n) is 10.2. The van der Waals surface area contributed by atoms with Crippen LogP contribution in [0.25, 0.3) is 27.5 Å². The van der Waals surface area contributed by atoms with Crippen LogP contribution >= 0.6 is 0 Å². The maximum absolute atomic E-state index is 2.37. The first kappa shape index (κ1) is 50.9. The normalized spacial score (nSPS) is 11.1. The van der Waals surface area contributed by atoms with Crippen molar-refractivity contribution in [1.82, 2.24) is 4.57 Å². The van der Waals surface area contributed by atoms with Crippen LogP contribution < -0.4 is 14.7 Å². The first-order chi connectivity index (χ1) is 37.2. The van der Waals surface area contributed by atoms with Gasteiger partial charge in [0.25, 0.3) is 0 Å². The lowest BCUT2D eigenvalue weighted by Gasteiger charge is -2.28. The van der Waals surface area contributed by atoms with E-state index in [9.17, 15) is 0 Å². The van der Waals surface area contributed by atoms with E-state index in [2.05, 4.69) is 303 Å². The van der Waals surface area contributed by atoms with Gasteiger partial charge >= 0.3 is 0 Å². The molecule has 10 aromatic carbocycles. The number of fused-ring (bicyclic) bond motifs is 3. The summed E-state index contributed by atoms with van der Waals surface area (Å²) in [7, 11) is 0. The zero-order chi connectivity index (χ0) is 52.4. The Morgan fingerprint density at radius 1 is 0.276 bits per heavy atom. The second-order valence-corrected chi connectivity index (χ2v) is 20.3. The number of unbranched alkanes of at least 4 members (excludes halogenated alkanes) is 2. The number of benzene rings is 10. The Balaban J connectivity index is 0.000000176. The molecule has 76 heavy (non-hydrogen) atoms. The van der Waals surface area contributed by atoms with Crippen molar-refractivity contribution in [1.29, 1.82) is 0 Å². The van der Waals surface area contributed by atoms with Gasteiger partial charge in [-0.1, -0.05) is 158 Å². The second-order valence-electron chi connectivity index (χ2n) is 20.3. The van der Waals surface area contributed by atoms with Crippen molar-refractivity contribution >= 4 is 73.0 Å². The molecule has 11 rings (SSSR count). The number of hydrogen-bond acceptors (Lipinski definition) is 3. The molecule has 0 N–H and O–H groups in total. The molecule has 0 saturated carbocycles. The van der Waals surface area contributed by atoms with Gasteiger partial charge in [0.15, 0.2) is 0 Å². The van der Waals surface area contributed by atoms with Gasteiger partial charge in [0.1, 0.15) is 0 Å². The van der Waals surface area contributed by atoms with Crippen molar-refractivity contribution in [2.45, 2.75) is 80.1 Å². The van der Waals surface area contributed by atoms with E-state index in [1.54, 1.807) is 0 Å². The Hall–Kier alpha value is -8.60. The molecule has 4 nitrogen and oxygen atoms in total. The highest BCUT2D eigenvalue weighted by atomic mass is 15.2. The quantitative estimate of drug-likeness (QED) is 0.0959. The van der Waals surface area contributed by atoms with Crippen LogP contribution in [-0.2, 0) is 12.8 Å². The van der Waals surface area contributed by atoms with Crippen LogP contribution in [0.2, 0.25) is 0 Å². The third-order valence-corrected chi connectivity index (χ3v) is 14.5. The van der Waals surface area contributed by atoms with Crippen LogP contribution in [0.1, 0.15) is 72.9 Å². The molecule has 0 bridgehead atoms. The molecule has 0 fully saturated rings. The monoisotopic (exact) mass is 991 g/mol. The molecule has 0 atom stereocenters. The summed E-state index contributed by atoms with van der Waals surface area (Å²) in [5.74, 6) is 0. The molecule has 378 valence electrons. The van der Waals surface area contributed by atoms with Crippen molar-refractivity contribution in [3.63, 3.8) is 0 Å². The maximum atomic E-state index is 2.37. The molecule has 0 saturated heterocycles. The molecule has 1 heterocycles. The third kappa shape index (κ3) is 11.5. The molecular formula is C72H70N4. The summed E-state index contributed by atoms with van der Waals surface area (Å²) >= 11 is 0. The summed E-state index contributed by atoms with van der Waals surface area (Å²) < 4.78 is 2.36. The van der Waals surface area contributed by atoms with Crippen molar-refractivity contribution in [2.24, 2.45) is 0 Å². The van der Waals surface area contributed by atoms with E-state index >= 15 is 0 Å². The van der Waals surface area contributed by atoms with Gasteiger partial charge in [0.2, 0.25) is 0 Å². The number of aryl methyl sites for hydroxylation is 6. The van der Waals surface area contributed by atoms with E-state index in [0.717, 1.165) is 58.3 Å². The molecule has 0 unspecified atom stereocenters. The van der Waals surface area contributed by atoms with Crippen molar-refractivity contribution in [2.75, 3.05) is 14.7 Å². The van der Waals surface area contributed by atoms with Gasteiger partial charge in [-0.05, 0) is 198 Å². The van der Waals surface area contributed by atoms with Crippen LogP contribution in [0.5, 0.6) is 0 Å². The van der Waals surface area contributed by atoms with E-state index in [4.69, 9.17) is 0 Å². The molecule has 0 spiro atoms. The summed E-state index contributed by atoms with van der Waals surface area (Å²) in [4.78, 5) is 7.02. The second kappa shape index (κ2) is 23.7. The minimum atomic E-state index is 1.13. The topological polar surface area (TPSA) is 14.7 Å². The van der Waals surface area contributed by atoms with Crippen molar-refractivity contribution < 1.29 is 0 Å². The van der Waals surface area contributed by atoms with Gasteiger partial charge in [-0.25, -0.2) is 0 Å². The summed E-state index contributed by atoms with van der Waals surface area (Å²) in [6, 6.07) is 88.4. The van der Waals surface area contributed by atoms with Crippen molar-refractivity contribution in [3.05, 3.63) is 276 Å². The molecule has 0 amide bonds. The standard InChI is InChI=1S/C40H44N2.C32H26N2/c1-5-7-9-33-15-23-37(24-16-33)42(38-25-17-34(18-26-38)10-8-6-2)40-29-27-39(28-30-40)41(35-19-11-31(3)12-20-35)36-21-13-32(4)14-22-36;1-23-11-15-25(16-12-23)33(26-17-13-24(2)14-18-26)27-19-21-28(22-20-27)34-31-9-5-3-7-29(31)30-8-4-6-10-32(30)34/h11-30H,5-10H2,1-4H3;3-22H,1-2H3. The number of aromatic nitrogens is 1. The highest BCUT2D eigenvalue weighted by molar-refractivity contribution is 6.09. The zero-order valence-corrected chi connectivity index (χ0v) is 45.1. The van der Waals surface area contributed by atoms with E-state index in [0.29, 0.717) is 0 Å². The molecule has 1 aromatic heterocycles. The zero-order valence-electron chi connectivity index (χ0n) is 45.1. The van der Waals surface area contributed by atoms with Crippen LogP contribution in [0, 0.1) is 27.7 Å². The van der Waals surface area contributed by atoms with E-state index in [1.807, 2.05) is 0 Å². The van der Waals surface area contributed by atoms with E-state index < -0.39 is 0 Å². The van der Waals surface area contributed by atoms with E-state index in [-0.39, 0.29) is 0 Å². The minimum absolute atomic E-state index is 1.13. The molecule has 4 heteroatoms. The average Bonchev–Trinajstić information content (AvgIpc) is 3.83. The van der Waals surface area contributed by atoms with Gasteiger partial charge in [0, 0.05) is 67.6 Å². The Morgan fingerprint density at radius 3 is 0.789 bits per heavy atom. The van der Waals surface area contributed by atoms with Gasteiger partial charge < -0.3 is 19.3 Å². The number of para-hydroxylation sites is 2. The fourth-order valence-corrected chi connectivity index (χ4v) is 10.2. The van der Waals surface area contributed by atoms with Crippen LogP contribution in [0.4, 0.5) is 51.2 Å². The van der Waals surface area contributed by atoms with Gasteiger partial charge in [-0.3, -0.25) is 0 Å². The lowest BCUT2D eigenvalue weighted by Crippen LogP contribution is -2.12.